The van der Waals surface area contributed by atoms with Crippen LogP contribution in [0.3, 0.4) is 0 Å². The Hall–Kier alpha value is -1.02. The van der Waals surface area contributed by atoms with Crippen LogP contribution >= 0.6 is 0 Å². The summed E-state index contributed by atoms with van der Waals surface area (Å²) in [5.74, 6) is 0.933. The van der Waals surface area contributed by atoms with Crippen LogP contribution in [0.15, 0.2) is 30.3 Å². The number of hydrogen-bond donors (Lipinski definition) is 0. The second kappa shape index (κ2) is 10.2. The summed E-state index contributed by atoms with van der Waals surface area (Å²) in [6, 6.07) is 9.89. The van der Waals surface area contributed by atoms with Gasteiger partial charge < -0.3 is 9.47 Å². The quantitative estimate of drug-likeness (QED) is 0.573. The van der Waals surface area contributed by atoms with Crippen molar-refractivity contribution in [2.24, 2.45) is 0 Å². The standard InChI is InChI=1S/C15H23O2/c1-2-3-4-8-12-16-13-9-14-17-15-10-6-5-7-11-15/h5-7,10-11H,1-4,8-9,12-14H2. The predicted molar refractivity (Wildman–Crippen MR) is 71.2 cm³/mol. The van der Waals surface area contributed by atoms with Crippen molar-refractivity contribution in [1.82, 2.24) is 0 Å². The second-order valence-corrected chi connectivity index (χ2v) is 4.04. The maximum atomic E-state index is 5.56. The van der Waals surface area contributed by atoms with E-state index in [0.717, 1.165) is 44.8 Å². The zero-order valence-corrected chi connectivity index (χ0v) is 10.6. The van der Waals surface area contributed by atoms with Crippen LogP contribution in [-0.2, 0) is 4.74 Å². The molecule has 1 aromatic rings. The molecule has 1 radical (unpaired) electrons. The summed E-state index contributed by atoms with van der Waals surface area (Å²) in [4.78, 5) is 0. The summed E-state index contributed by atoms with van der Waals surface area (Å²) in [6.45, 7) is 6.20. The summed E-state index contributed by atoms with van der Waals surface area (Å²) in [6.07, 6.45) is 5.56. The Bertz CT molecular complexity index is 259. The summed E-state index contributed by atoms with van der Waals surface area (Å²) < 4.78 is 11.1. The molecular weight excluding hydrogens is 212 g/mol. The number of unbranched alkanes of at least 4 members (excludes halogenated alkanes) is 3. The van der Waals surface area contributed by atoms with Crippen molar-refractivity contribution in [3.05, 3.63) is 37.3 Å². The molecule has 0 amide bonds. The topological polar surface area (TPSA) is 18.5 Å². The smallest absolute Gasteiger partial charge is 0.119 e. The fourth-order valence-electron chi connectivity index (χ4n) is 1.53. The maximum absolute atomic E-state index is 5.56. The first kappa shape index (κ1) is 14.0. The van der Waals surface area contributed by atoms with E-state index < -0.39 is 0 Å². The van der Waals surface area contributed by atoms with Crippen molar-refractivity contribution in [2.75, 3.05) is 19.8 Å². The first-order valence-corrected chi connectivity index (χ1v) is 6.48. The molecule has 1 aromatic carbocycles. The molecule has 0 N–H and O–H groups in total. The van der Waals surface area contributed by atoms with E-state index in [9.17, 15) is 0 Å². The molecule has 0 aliphatic heterocycles. The van der Waals surface area contributed by atoms with Gasteiger partial charge in [0.1, 0.15) is 5.75 Å². The molecule has 0 aliphatic rings. The van der Waals surface area contributed by atoms with Crippen molar-refractivity contribution in [2.45, 2.75) is 32.1 Å². The molecule has 0 spiro atoms. The zero-order chi connectivity index (χ0) is 12.2. The molecule has 0 saturated heterocycles. The van der Waals surface area contributed by atoms with Crippen molar-refractivity contribution < 1.29 is 9.47 Å². The molecule has 0 bridgehead atoms. The van der Waals surface area contributed by atoms with Crippen LogP contribution in [-0.4, -0.2) is 19.8 Å². The SMILES string of the molecule is [CH2]CCCCCOCCCOc1ccccc1. The van der Waals surface area contributed by atoms with Gasteiger partial charge in [-0.1, -0.05) is 44.4 Å². The fourth-order valence-corrected chi connectivity index (χ4v) is 1.53. The lowest BCUT2D eigenvalue weighted by atomic mass is 10.2. The Morgan fingerprint density at radius 2 is 1.59 bits per heavy atom. The van der Waals surface area contributed by atoms with Gasteiger partial charge in [-0.2, -0.15) is 0 Å². The van der Waals surface area contributed by atoms with Crippen molar-refractivity contribution in [1.29, 1.82) is 0 Å². The monoisotopic (exact) mass is 235 g/mol. The van der Waals surface area contributed by atoms with Crippen LogP contribution in [0.2, 0.25) is 0 Å². The van der Waals surface area contributed by atoms with Gasteiger partial charge in [-0.05, 0) is 18.6 Å². The fraction of sp³-hybridized carbons (Fsp3) is 0.533. The van der Waals surface area contributed by atoms with Gasteiger partial charge in [0.25, 0.3) is 0 Å². The van der Waals surface area contributed by atoms with Gasteiger partial charge in [-0.15, -0.1) is 0 Å². The Morgan fingerprint density at radius 3 is 2.35 bits per heavy atom. The van der Waals surface area contributed by atoms with Crippen LogP contribution < -0.4 is 4.74 Å². The lowest BCUT2D eigenvalue weighted by Gasteiger charge is -2.06. The van der Waals surface area contributed by atoms with Crippen LogP contribution in [0, 0.1) is 6.92 Å². The average Bonchev–Trinajstić information content (AvgIpc) is 2.38. The third kappa shape index (κ3) is 7.81. The van der Waals surface area contributed by atoms with Crippen LogP contribution in [0.5, 0.6) is 5.75 Å². The predicted octanol–water partition coefficient (Wildman–Crippen LogP) is 3.87. The summed E-state index contributed by atoms with van der Waals surface area (Å²) >= 11 is 0. The highest BCUT2D eigenvalue weighted by atomic mass is 16.5. The Balaban J connectivity index is 1.85. The number of para-hydroxylation sites is 1. The third-order valence-electron chi connectivity index (χ3n) is 2.48. The van der Waals surface area contributed by atoms with Crippen molar-refractivity contribution >= 4 is 0 Å². The van der Waals surface area contributed by atoms with E-state index in [2.05, 4.69) is 6.92 Å². The molecule has 0 atom stereocenters. The summed E-state index contributed by atoms with van der Waals surface area (Å²) in [7, 11) is 0. The summed E-state index contributed by atoms with van der Waals surface area (Å²) in [5, 5.41) is 0. The Labute approximate surface area is 105 Å². The maximum Gasteiger partial charge on any atom is 0.119 e. The largest absolute Gasteiger partial charge is 0.494 e. The molecule has 2 nitrogen and oxygen atoms in total. The highest BCUT2D eigenvalue weighted by Gasteiger charge is 1.93. The first-order chi connectivity index (χ1) is 8.43. The molecule has 0 unspecified atom stereocenters. The van der Waals surface area contributed by atoms with E-state index in [0.29, 0.717) is 0 Å². The Morgan fingerprint density at radius 1 is 0.824 bits per heavy atom. The summed E-state index contributed by atoms with van der Waals surface area (Å²) in [5.41, 5.74) is 0. The van der Waals surface area contributed by atoms with Gasteiger partial charge in [0.2, 0.25) is 0 Å². The molecule has 0 saturated carbocycles. The third-order valence-corrected chi connectivity index (χ3v) is 2.48. The minimum Gasteiger partial charge on any atom is -0.494 e. The molecule has 0 heterocycles. The van der Waals surface area contributed by atoms with Gasteiger partial charge in [0.15, 0.2) is 0 Å². The zero-order valence-electron chi connectivity index (χ0n) is 10.6. The number of hydrogen-bond acceptors (Lipinski definition) is 2. The van der Waals surface area contributed by atoms with Gasteiger partial charge in [0, 0.05) is 19.6 Å². The van der Waals surface area contributed by atoms with Crippen molar-refractivity contribution in [3.8, 4) is 5.75 Å². The molecule has 0 fully saturated rings. The van der Waals surface area contributed by atoms with E-state index in [4.69, 9.17) is 9.47 Å². The minimum atomic E-state index is 0.725. The molecule has 1 rings (SSSR count). The normalized spacial score (nSPS) is 10.4. The molecular formula is C15H23O2. The van der Waals surface area contributed by atoms with Crippen molar-refractivity contribution in [3.63, 3.8) is 0 Å². The Kier molecular flexibility index (Phi) is 8.39. The molecule has 2 heteroatoms. The van der Waals surface area contributed by atoms with Gasteiger partial charge in [0.05, 0.1) is 6.61 Å². The first-order valence-electron chi connectivity index (χ1n) is 6.48. The van der Waals surface area contributed by atoms with Crippen LogP contribution in [0.25, 0.3) is 0 Å². The second-order valence-electron chi connectivity index (χ2n) is 4.04. The van der Waals surface area contributed by atoms with E-state index in [1.807, 2.05) is 30.3 Å². The van der Waals surface area contributed by atoms with E-state index in [1.54, 1.807) is 0 Å². The van der Waals surface area contributed by atoms with E-state index in [1.165, 1.54) is 12.8 Å². The highest BCUT2D eigenvalue weighted by Crippen LogP contribution is 2.08. The number of benzene rings is 1. The molecule has 0 aromatic heterocycles. The van der Waals surface area contributed by atoms with Crippen LogP contribution in [0.1, 0.15) is 32.1 Å². The van der Waals surface area contributed by atoms with E-state index in [-0.39, 0.29) is 0 Å². The lowest BCUT2D eigenvalue weighted by Crippen LogP contribution is -2.03. The number of ether oxygens (including phenoxy) is 2. The van der Waals surface area contributed by atoms with Gasteiger partial charge in [-0.3, -0.25) is 0 Å². The molecule has 0 aliphatic carbocycles. The average molecular weight is 235 g/mol. The van der Waals surface area contributed by atoms with Gasteiger partial charge >= 0.3 is 0 Å². The van der Waals surface area contributed by atoms with E-state index >= 15 is 0 Å². The van der Waals surface area contributed by atoms with Crippen LogP contribution in [0.4, 0.5) is 0 Å². The number of rotatable bonds is 10. The molecule has 95 valence electrons. The molecule has 17 heavy (non-hydrogen) atoms. The highest BCUT2D eigenvalue weighted by molar-refractivity contribution is 5.20. The lowest BCUT2D eigenvalue weighted by molar-refractivity contribution is 0.116. The van der Waals surface area contributed by atoms with Gasteiger partial charge in [-0.25, -0.2) is 0 Å². The minimum absolute atomic E-state index is 0.725.